The number of rotatable bonds is 6. The van der Waals surface area contributed by atoms with Gasteiger partial charge >= 0.3 is 5.97 Å². The molecule has 1 atom stereocenters. The van der Waals surface area contributed by atoms with E-state index in [1.807, 2.05) is 24.3 Å². The van der Waals surface area contributed by atoms with Gasteiger partial charge in [-0.05, 0) is 17.2 Å². The third-order valence-corrected chi connectivity index (χ3v) is 4.19. The first-order valence-corrected chi connectivity index (χ1v) is 7.56. The first-order chi connectivity index (χ1) is 10.6. The summed E-state index contributed by atoms with van der Waals surface area (Å²) in [5.41, 5.74) is 1.64. The molecule has 7 heteroatoms. The van der Waals surface area contributed by atoms with Crippen LogP contribution in [0.3, 0.4) is 0 Å². The average molecular weight is 320 g/mol. The monoisotopic (exact) mass is 320 g/mol. The minimum absolute atomic E-state index is 0.0495. The molecule has 0 spiro atoms. The number of aliphatic hydroxyl groups is 1. The molecule has 2 rings (SSSR count). The minimum Gasteiger partial charge on any atom is -0.481 e. The van der Waals surface area contributed by atoms with Gasteiger partial charge in [0, 0.05) is 6.21 Å². The molecule has 1 saturated heterocycles. The van der Waals surface area contributed by atoms with Crippen molar-refractivity contribution in [3.63, 3.8) is 0 Å². The Hall–Kier alpha value is -2.12. The SMILES string of the molecule is O=C(O)CC1S/C(=C\CN=Cc2ccccc2CO)NC1=O. The van der Waals surface area contributed by atoms with E-state index in [-0.39, 0.29) is 18.9 Å². The molecule has 0 aliphatic carbocycles. The smallest absolute Gasteiger partial charge is 0.305 e. The van der Waals surface area contributed by atoms with E-state index in [1.165, 1.54) is 11.8 Å². The molecule has 3 N–H and O–H groups in total. The van der Waals surface area contributed by atoms with Crippen LogP contribution in [0.2, 0.25) is 0 Å². The summed E-state index contributed by atoms with van der Waals surface area (Å²) < 4.78 is 0. The lowest BCUT2D eigenvalue weighted by Crippen LogP contribution is -2.24. The molecule has 0 bridgehead atoms. The third kappa shape index (κ3) is 4.44. The molecule has 1 aliphatic rings. The molecule has 1 aromatic carbocycles. The zero-order valence-corrected chi connectivity index (χ0v) is 12.5. The van der Waals surface area contributed by atoms with Crippen LogP contribution in [0.15, 0.2) is 40.4 Å². The fraction of sp³-hybridized carbons (Fsp3) is 0.267. The Morgan fingerprint density at radius 3 is 2.91 bits per heavy atom. The van der Waals surface area contributed by atoms with Crippen molar-refractivity contribution in [2.75, 3.05) is 6.54 Å². The first-order valence-electron chi connectivity index (χ1n) is 6.68. The summed E-state index contributed by atoms with van der Waals surface area (Å²) in [4.78, 5) is 26.4. The zero-order chi connectivity index (χ0) is 15.9. The van der Waals surface area contributed by atoms with Gasteiger partial charge in [0.25, 0.3) is 0 Å². The van der Waals surface area contributed by atoms with Crippen LogP contribution in [0.25, 0.3) is 0 Å². The number of carboxylic acid groups (broad SMARTS) is 1. The van der Waals surface area contributed by atoms with E-state index in [0.717, 1.165) is 11.1 Å². The lowest BCUT2D eigenvalue weighted by atomic mass is 10.1. The van der Waals surface area contributed by atoms with Gasteiger partial charge in [-0.3, -0.25) is 14.6 Å². The Balaban J connectivity index is 1.91. The van der Waals surface area contributed by atoms with Crippen LogP contribution in [0.4, 0.5) is 0 Å². The topological polar surface area (TPSA) is 99.0 Å². The number of aliphatic carboxylic acids is 1. The highest BCUT2D eigenvalue weighted by Crippen LogP contribution is 2.28. The van der Waals surface area contributed by atoms with Crippen molar-refractivity contribution in [2.45, 2.75) is 18.3 Å². The number of aliphatic hydroxyl groups excluding tert-OH is 1. The van der Waals surface area contributed by atoms with E-state index >= 15 is 0 Å². The Morgan fingerprint density at radius 1 is 1.41 bits per heavy atom. The van der Waals surface area contributed by atoms with Gasteiger partial charge in [-0.2, -0.15) is 0 Å². The predicted octanol–water partition coefficient (Wildman–Crippen LogP) is 1.15. The molecule has 1 heterocycles. The van der Waals surface area contributed by atoms with Gasteiger partial charge in [-0.25, -0.2) is 0 Å². The number of amides is 1. The fourth-order valence-corrected chi connectivity index (χ4v) is 2.95. The van der Waals surface area contributed by atoms with E-state index in [0.29, 0.717) is 11.6 Å². The molecule has 1 unspecified atom stereocenters. The Morgan fingerprint density at radius 2 is 2.18 bits per heavy atom. The second kappa shape index (κ2) is 7.77. The largest absolute Gasteiger partial charge is 0.481 e. The number of benzene rings is 1. The molecule has 1 aromatic rings. The average Bonchev–Trinajstić information content (AvgIpc) is 2.83. The number of hydrogen-bond acceptors (Lipinski definition) is 5. The van der Waals surface area contributed by atoms with Gasteiger partial charge in [-0.1, -0.05) is 36.0 Å². The van der Waals surface area contributed by atoms with Crippen molar-refractivity contribution in [2.24, 2.45) is 4.99 Å². The maximum Gasteiger partial charge on any atom is 0.305 e. The number of nitrogens with zero attached hydrogens (tertiary/aromatic N) is 1. The summed E-state index contributed by atoms with van der Waals surface area (Å²) in [6, 6.07) is 7.39. The Kier molecular flexibility index (Phi) is 5.74. The van der Waals surface area contributed by atoms with Crippen molar-refractivity contribution in [3.05, 3.63) is 46.5 Å². The van der Waals surface area contributed by atoms with Crippen molar-refractivity contribution in [3.8, 4) is 0 Å². The standard InChI is InChI=1S/C15H16N2O4S/c18-9-11-4-2-1-3-10(11)8-16-6-5-13-17-15(21)12(22-13)7-14(19)20/h1-5,8,12,18H,6-7,9H2,(H,17,21)(H,19,20)/b13-5-,16-8?. The second-order valence-electron chi connectivity index (χ2n) is 4.61. The molecule has 0 radical (unpaired) electrons. The molecule has 116 valence electrons. The summed E-state index contributed by atoms with van der Waals surface area (Å²) in [5, 5.41) is 20.6. The van der Waals surface area contributed by atoms with Crippen LogP contribution in [0, 0.1) is 0 Å². The number of carboxylic acids is 1. The van der Waals surface area contributed by atoms with Gasteiger partial charge < -0.3 is 15.5 Å². The number of carbonyl (C=O) groups is 2. The van der Waals surface area contributed by atoms with Crippen molar-refractivity contribution in [1.29, 1.82) is 0 Å². The maximum atomic E-state index is 11.6. The minimum atomic E-state index is -0.993. The lowest BCUT2D eigenvalue weighted by Gasteiger charge is -2.00. The summed E-state index contributed by atoms with van der Waals surface area (Å²) >= 11 is 1.21. The predicted molar refractivity (Wildman–Crippen MR) is 84.7 cm³/mol. The zero-order valence-electron chi connectivity index (χ0n) is 11.7. The highest BCUT2D eigenvalue weighted by Gasteiger charge is 2.30. The quantitative estimate of drug-likeness (QED) is 0.683. The highest BCUT2D eigenvalue weighted by atomic mass is 32.2. The summed E-state index contributed by atoms with van der Waals surface area (Å²) in [7, 11) is 0. The molecule has 1 amide bonds. The van der Waals surface area contributed by atoms with E-state index in [1.54, 1.807) is 12.3 Å². The van der Waals surface area contributed by atoms with Crippen LogP contribution >= 0.6 is 11.8 Å². The van der Waals surface area contributed by atoms with Crippen LogP contribution in [0.5, 0.6) is 0 Å². The fourth-order valence-electron chi connectivity index (χ4n) is 1.92. The molecule has 6 nitrogen and oxygen atoms in total. The normalized spacial score (nSPS) is 19.8. The molecule has 0 saturated carbocycles. The number of thioether (sulfide) groups is 1. The highest BCUT2D eigenvalue weighted by molar-refractivity contribution is 8.04. The molecular weight excluding hydrogens is 304 g/mol. The Bertz CT molecular complexity index is 628. The summed E-state index contributed by atoms with van der Waals surface area (Å²) in [6.07, 6.45) is 3.21. The van der Waals surface area contributed by atoms with Gasteiger partial charge in [0.1, 0.15) is 5.25 Å². The molecular formula is C15H16N2O4S. The van der Waals surface area contributed by atoms with Crippen molar-refractivity contribution < 1.29 is 19.8 Å². The second-order valence-corrected chi connectivity index (χ2v) is 5.86. The number of aliphatic imine (C=N–C) groups is 1. The number of hydrogen-bond donors (Lipinski definition) is 3. The van der Waals surface area contributed by atoms with E-state index in [9.17, 15) is 14.7 Å². The van der Waals surface area contributed by atoms with Gasteiger partial charge in [0.15, 0.2) is 0 Å². The third-order valence-electron chi connectivity index (χ3n) is 3.01. The molecule has 1 aliphatic heterocycles. The molecule has 22 heavy (non-hydrogen) atoms. The van der Waals surface area contributed by atoms with Crippen molar-refractivity contribution >= 4 is 29.9 Å². The Labute approximate surface area is 132 Å². The van der Waals surface area contributed by atoms with Crippen LogP contribution in [-0.2, 0) is 16.2 Å². The lowest BCUT2D eigenvalue weighted by molar-refractivity contribution is -0.138. The van der Waals surface area contributed by atoms with Gasteiger partial charge in [-0.15, -0.1) is 0 Å². The van der Waals surface area contributed by atoms with Crippen molar-refractivity contribution in [1.82, 2.24) is 5.32 Å². The maximum absolute atomic E-state index is 11.6. The summed E-state index contributed by atoms with van der Waals surface area (Å²) in [6.45, 7) is 0.314. The number of carbonyl (C=O) groups excluding carboxylic acids is 1. The molecule has 1 fully saturated rings. The van der Waals surface area contributed by atoms with Crippen LogP contribution in [-0.4, -0.2) is 40.1 Å². The molecule has 0 aromatic heterocycles. The van der Waals surface area contributed by atoms with E-state index < -0.39 is 11.2 Å². The van der Waals surface area contributed by atoms with Gasteiger partial charge in [0.2, 0.25) is 5.91 Å². The van der Waals surface area contributed by atoms with Crippen LogP contribution in [0.1, 0.15) is 17.5 Å². The van der Waals surface area contributed by atoms with Crippen LogP contribution < -0.4 is 5.32 Å². The summed E-state index contributed by atoms with van der Waals surface area (Å²) in [5.74, 6) is -1.28. The first kappa shape index (κ1) is 16.3. The van der Waals surface area contributed by atoms with E-state index in [2.05, 4.69) is 10.3 Å². The van der Waals surface area contributed by atoms with Gasteiger partial charge in [0.05, 0.1) is 24.6 Å². The van der Waals surface area contributed by atoms with E-state index in [4.69, 9.17) is 5.11 Å². The number of nitrogens with one attached hydrogen (secondary N) is 1.